The molecule has 2 aromatic rings. The maximum absolute atomic E-state index is 12.5. The molecule has 1 saturated carbocycles. The van der Waals surface area contributed by atoms with Crippen LogP contribution >= 0.6 is 11.3 Å². The number of aromatic nitrogens is 1. The summed E-state index contributed by atoms with van der Waals surface area (Å²) in [6.45, 7) is 4.21. The number of hydrogen-bond donors (Lipinski definition) is 2. The Hall–Kier alpha value is -1.66. The first-order valence-corrected chi connectivity index (χ1v) is 7.73. The average molecular weight is 305 g/mol. The number of amides is 1. The molecule has 2 unspecified atom stereocenters. The number of fused-ring (bicyclic) bond motifs is 1. The Morgan fingerprint density at radius 3 is 2.95 bits per heavy atom. The van der Waals surface area contributed by atoms with Gasteiger partial charge in [0.1, 0.15) is 10.4 Å². The Labute approximate surface area is 127 Å². The average Bonchev–Trinajstić information content (AvgIpc) is 2.80. The van der Waals surface area contributed by atoms with E-state index in [9.17, 15) is 4.79 Å². The molecule has 0 bridgehead atoms. The molecule has 2 aromatic heterocycles. The third-order valence-electron chi connectivity index (χ3n) is 4.46. The lowest BCUT2D eigenvalue weighted by atomic mass is 9.64. The zero-order chi connectivity index (χ0) is 15.2. The maximum atomic E-state index is 12.5. The van der Waals surface area contributed by atoms with Crippen molar-refractivity contribution >= 4 is 33.1 Å². The minimum absolute atomic E-state index is 0.0614. The summed E-state index contributed by atoms with van der Waals surface area (Å²) in [7, 11) is 1.71. The van der Waals surface area contributed by atoms with Crippen LogP contribution in [-0.2, 0) is 4.74 Å². The Bertz CT molecular complexity index is 695. The summed E-state index contributed by atoms with van der Waals surface area (Å²) in [6, 6.07) is 3.87. The summed E-state index contributed by atoms with van der Waals surface area (Å²) in [6.07, 6.45) is 2.70. The smallest absolute Gasteiger partial charge is 0.263 e. The molecule has 3 rings (SSSR count). The summed E-state index contributed by atoms with van der Waals surface area (Å²) in [5.41, 5.74) is 7.17. The van der Waals surface area contributed by atoms with Crippen LogP contribution in [0.2, 0.25) is 0 Å². The number of ether oxygens (including phenoxy) is 1. The molecule has 0 aliphatic heterocycles. The summed E-state index contributed by atoms with van der Waals surface area (Å²) >= 11 is 1.38. The van der Waals surface area contributed by atoms with E-state index in [0.717, 1.165) is 11.1 Å². The van der Waals surface area contributed by atoms with Gasteiger partial charge in [0.15, 0.2) is 0 Å². The largest absolute Gasteiger partial charge is 0.396 e. The number of carbonyl (C=O) groups is 1. The van der Waals surface area contributed by atoms with Crippen molar-refractivity contribution in [2.24, 2.45) is 5.41 Å². The molecule has 0 aromatic carbocycles. The number of pyridine rings is 1. The topological polar surface area (TPSA) is 77.2 Å². The van der Waals surface area contributed by atoms with E-state index in [4.69, 9.17) is 10.5 Å². The second-order valence-corrected chi connectivity index (χ2v) is 7.05. The molecule has 0 radical (unpaired) electrons. The van der Waals surface area contributed by atoms with Crippen molar-refractivity contribution in [3.05, 3.63) is 23.2 Å². The van der Waals surface area contributed by atoms with Crippen LogP contribution < -0.4 is 11.1 Å². The molecule has 2 atom stereocenters. The molecule has 1 amide bonds. The summed E-state index contributed by atoms with van der Waals surface area (Å²) in [5, 5.41) is 3.07. The normalized spacial score (nSPS) is 23.8. The van der Waals surface area contributed by atoms with Crippen molar-refractivity contribution in [3.8, 4) is 0 Å². The molecule has 0 saturated heterocycles. The fourth-order valence-corrected chi connectivity index (χ4v) is 3.85. The number of carbonyl (C=O) groups excluding carboxylic acids is 1. The zero-order valence-electron chi connectivity index (χ0n) is 12.3. The zero-order valence-corrected chi connectivity index (χ0v) is 13.2. The maximum Gasteiger partial charge on any atom is 0.263 e. The molecule has 1 aliphatic carbocycles. The number of hydrogen-bond acceptors (Lipinski definition) is 5. The third kappa shape index (κ3) is 2.18. The second kappa shape index (κ2) is 4.96. The lowest BCUT2D eigenvalue weighted by molar-refractivity contribution is -0.0942. The van der Waals surface area contributed by atoms with Crippen LogP contribution in [0.4, 0.5) is 5.69 Å². The van der Waals surface area contributed by atoms with E-state index >= 15 is 0 Å². The Morgan fingerprint density at radius 1 is 1.57 bits per heavy atom. The number of rotatable bonds is 3. The number of methoxy groups -OCH3 is 1. The molecule has 112 valence electrons. The minimum Gasteiger partial charge on any atom is -0.396 e. The fraction of sp³-hybridized carbons (Fsp3) is 0.467. The Morgan fingerprint density at radius 2 is 2.33 bits per heavy atom. The number of nitrogens with two attached hydrogens (primary N) is 1. The predicted molar refractivity (Wildman–Crippen MR) is 84.5 cm³/mol. The Balaban J connectivity index is 1.81. The molecule has 1 aliphatic rings. The van der Waals surface area contributed by atoms with Crippen molar-refractivity contribution in [3.63, 3.8) is 0 Å². The minimum atomic E-state index is -0.122. The van der Waals surface area contributed by atoms with Gasteiger partial charge in [-0.05, 0) is 18.6 Å². The number of thiophene rings is 1. The highest BCUT2D eigenvalue weighted by Gasteiger charge is 2.49. The summed E-state index contributed by atoms with van der Waals surface area (Å²) in [5.74, 6) is -0.122. The first-order valence-electron chi connectivity index (χ1n) is 6.91. The van der Waals surface area contributed by atoms with E-state index in [1.54, 1.807) is 13.3 Å². The van der Waals surface area contributed by atoms with E-state index in [0.29, 0.717) is 16.1 Å². The van der Waals surface area contributed by atoms with Crippen LogP contribution in [0.15, 0.2) is 18.3 Å². The fourth-order valence-electron chi connectivity index (χ4n) is 2.87. The highest BCUT2D eigenvalue weighted by Crippen LogP contribution is 2.43. The van der Waals surface area contributed by atoms with E-state index in [-0.39, 0.29) is 23.5 Å². The standard InChI is InChI=1S/C15H19N3O2S/c1-15(2)9(7-10(15)20-3)18-14(19)13-11(16)12-8(21-13)5-4-6-17-12/h4-6,9-10H,7,16H2,1-3H3,(H,18,19). The first kappa shape index (κ1) is 14.3. The van der Waals surface area contributed by atoms with Gasteiger partial charge in [0.25, 0.3) is 5.91 Å². The second-order valence-electron chi connectivity index (χ2n) is 6.00. The van der Waals surface area contributed by atoms with Crippen LogP contribution in [-0.4, -0.2) is 30.1 Å². The van der Waals surface area contributed by atoms with Gasteiger partial charge in [0.2, 0.25) is 0 Å². The first-order chi connectivity index (χ1) is 9.95. The number of anilines is 1. The van der Waals surface area contributed by atoms with Crippen molar-refractivity contribution in [2.75, 3.05) is 12.8 Å². The number of nitrogen functional groups attached to an aromatic ring is 1. The van der Waals surface area contributed by atoms with E-state index in [2.05, 4.69) is 24.1 Å². The van der Waals surface area contributed by atoms with Gasteiger partial charge in [-0.15, -0.1) is 11.3 Å². The van der Waals surface area contributed by atoms with Crippen molar-refractivity contribution in [2.45, 2.75) is 32.4 Å². The van der Waals surface area contributed by atoms with Crippen LogP contribution in [0, 0.1) is 5.41 Å². The van der Waals surface area contributed by atoms with Crippen molar-refractivity contribution in [1.82, 2.24) is 10.3 Å². The number of nitrogens with one attached hydrogen (secondary N) is 1. The van der Waals surface area contributed by atoms with E-state index < -0.39 is 0 Å². The molecule has 21 heavy (non-hydrogen) atoms. The van der Waals surface area contributed by atoms with Gasteiger partial charge >= 0.3 is 0 Å². The molecule has 3 N–H and O–H groups in total. The van der Waals surface area contributed by atoms with Crippen molar-refractivity contribution in [1.29, 1.82) is 0 Å². The molecular formula is C15H19N3O2S. The summed E-state index contributed by atoms with van der Waals surface area (Å²) in [4.78, 5) is 17.3. The van der Waals surface area contributed by atoms with Gasteiger partial charge in [-0.1, -0.05) is 13.8 Å². The summed E-state index contributed by atoms with van der Waals surface area (Å²) < 4.78 is 6.34. The van der Waals surface area contributed by atoms with E-state index in [1.807, 2.05) is 12.1 Å². The highest BCUT2D eigenvalue weighted by molar-refractivity contribution is 7.21. The van der Waals surface area contributed by atoms with Gasteiger partial charge in [-0.2, -0.15) is 0 Å². The molecule has 6 heteroatoms. The van der Waals surface area contributed by atoms with Gasteiger partial charge in [-0.25, -0.2) is 0 Å². The molecule has 0 spiro atoms. The predicted octanol–water partition coefficient (Wildman–Crippen LogP) is 2.42. The van der Waals surface area contributed by atoms with Gasteiger partial charge in [0.05, 0.1) is 16.5 Å². The lowest BCUT2D eigenvalue weighted by Gasteiger charge is -2.51. The van der Waals surface area contributed by atoms with Gasteiger partial charge < -0.3 is 15.8 Å². The van der Waals surface area contributed by atoms with Crippen LogP contribution in [0.25, 0.3) is 10.2 Å². The highest BCUT2D eigenvalue weighted by atomic mass is 32.1. The SMILES string of the molecule is COC1CC(NC(=O)c2sc3cccnc3c2N)C1(C)C. The molecule has 1 fully saturated rings. The van der Waals surface area contributed by atoms with Crippen LogP contribution in [0.1, 0.15) is 29.9 Å². The Kier molecular flexibility index (Phi) is 3.37. The van der Waals surface area contributed by atoms with Gasteiger partial charge in [-0.3, -0.25) is 9.78 Å². The molecule has 2 heterocycles. The van der Waals surface area contributed by atoms with Crippen LogP contribution in [0.3, 0.4) is 0 Å². The quantitative estimate of drug-likeness (QED) is 0.913. The third-order valence-corrected chi connectivity index (χ3v) is 5.62. The number of nitrogens with zero attached hydrogens (tertiary/aromatic N) is 1. The molecule has 5 nitrogen and oxygen atoms in total. The van der Waals surface area contributed by atoms with Crippen LogP contribution in [0.5, 0.6) is 0 Å². The lowest BCUT2D eigenvalue weighted by Crippen LogP contribution is -2.61. The van der Waals surface area contributed by atoms with Gasteiger partial charge in [0, 0.05) is 24.8 Å². The monoisotopic (exact) mass is 305 g/mol. The van der Waals surface area contributed by atoms with E-state index in [1.165, 1.54) is 11.3 Å². The van der Waals surface area contributed by atoms with Crippen molar-refractivity contribution < 1.29 is 9.53 Å². The molecular weight excluding hydrogens is 286 g/mol.